The van der Waals surface area contributed by atoms with Gasteiger partial charge in [-0.25, -0.2) is 19.1 Å². The molecule has 0 aliphatic carbocycles. The summed E-state index contributed by atoms with van der Waals surface area (Å²) in [6.07, 6.45) is -0.0516. The second-order valence-corrected chi connectivity index (χ2v) is 16.9. The molecular formula is C23H35FN2O3SSi. The summed E-state index contributed by atoms with van der Waals surface area (Å²) in [6.45, 7) is 16.6. The monoisotopic (exact) mass is 466 g/mol. The molecule has 1 aliphatic rings. The number of hydrogen-bond acceptors (Lipinski definition) is 4. The van der Waals surface area contributed by atoms with E-state index in [2.05, 4.69) is 19.6 Å². The minimum absolute atomic E-state index is 0.284. The third-order valence-corrected chi connectivity index (χ3v) is 7.62. The zero-order chi connectivity index (χ0) is 23.6. The average molecular weight is 467 g/mol. The van der Waals surface area contributed by atoms with Gasteiger partial charge in [-0.05, 0) is 36.9 Å². The summed E-state index contributed by atoms with van der Waals surface area (Å²) < 4.78 is 21.0. The topological polar surface area (TPSA) is 62.1 Å². The Morgan fingerprint density at radius 1 is 1.35 bits per heavy atom. The van der Waals surface area contributed by atoms with Gasteiger partial charge in [-0.15, -0.1) is 0 Å². The fourth-order valence-corrected chi connectivity index (χ4v) is 4.97. The van der Waals surface area contributed by atoms with Gasteiger partial charge in [0.05, 0.1) is 0 Å². The number of amidine groups is 1. The van der Waals surface area contributed by atoms with Crippen LogP contribution in [0, 0.1) is 18.2 Å². The van der Waals surface area contributed by atoms with Crippen molar-refractivity contribution >= 4 is 31.1 Å². The number of nitrogens with zero attached hydrogens (tertiary/aromatic N) is 2. The van der Waals surface area contributed by atoms with Crippen LogP contribution in [0.15, 0.2) is 34.7 Å². The lowest BCUT2D eigenvalue weighted by molar-refractivity contribution is -0.0759. The van der Waals surface area contributed by atoms with Crippen LogP contribution in [0.3, 0.4) is 0 Å². The molecule has 1 aromatic carbocycles. The van der Waals surface area contributed by atoms with Crippen molar-refractivity contribution in [2.45, 2.75) is 72.1 Å². The van der Waals surface area contributed by atoms with E-state index in [0.717, 1.165) is 6.04 Å². The van der Waals surface area contributed by atoms with Crippen molar-refractivity contribution < 1.29 is 19.0 Å². The molecule has 0 saturated heterocycles. The van der Waals surface area contributed by atoms with Crippen LogP contribution >= 0.6 is 11.8 Å². The molecule has 0 fully saturated rings. The normalized spacial score (nSPS) is 20.4. The lowest BCUT2D eigenvalue weighted by Gasteiger charge is -2.40. The number of thioether (sulfide) groups is 1. The van der Waals surface area contributed by atoms with Gasteiger partial charge in [0.15, 0.2) is 5.17 Å². The molecular weight excluding hydrogens is 431 g/mol. The van der Waals surface area contributed by atoms with Crippen molar-refractivity contribution in [1.29, 1.82) is 0 Å². The molecule has 2 atom stereocenters. The van der Waals surface area contributed by atoms with Crippen LogP contribution in [-0.2, 0) is 10.3 Å². The van der Waals surface area contributed by atoms with Gasteiger partial charge < -0.3 is 9.84 Å². The summed E-state index contributed by atoms with van der Waals surface area (Å²) in [6, 6.07) is 6.12. The molecule has 1 aliphatic heterocycles. The van der Waals surface area contributed by atoms with E-state index >= 15 is 0 Å². The van der Waals surface area contributed by atoms with Crippen LogP contribution in [0.4, 0.5) is 9.18 Å². The van der Waals surface area contributed by atoms with Gasteiger partial charge in [-0.3, -0.25) is 0 Å². The summed E-state index contributed by atoms with van der Waals surface area (Å²) in [7, 11) is -1.34. The Morgan fingerprint density at radius 3 is 2.55 bits per heavy atom. The van der Waals surface area contributed by atoms with Crippen LogP contribution in [0.5, 0.6) is 0 Å². The van der Waals surface area contributed by atoms with E-state index in [4.69, 9.17) is 9.73 Å². The van der Waals surface area contributed by atoms with Gasteiger partial charge in [0, 0.05) is 25.7 Å². The Labute approximate surface area is 190 Å². The lowest BCUT2D eigenvalue weighted by Crippen LogP contribution is -2.51. The van der Waals surface area contributed by atoms with Gasteiger partial charge >= 0.3 is 6.09 Å². The molecule has 172 valence electrons. The van der Waals surface area contributed by atoms with Gasteiger partial charge in [-0.1, -0.05) is 70.4 Å². The first kappa shape index (κ1) is 25.6. The molecule has 1 amide bonds. The molecule has 8 heteroatoms. The van der Waals surface area contributed by atoms with E-state index in [1.54, 1.807) is 43.5 Å². The predicted octanol–water partition coefficient (Wildman–Crippen LogP) is 6.67. The molecule has 2 rings (SSSR count). The fraction of sp³-hybridized carbons (Fsp3) is 0.565. The number of benzene rings is 1. The maximum atomic E-state index is 14.9. The van der Waals surface area contributed by atoms with Crippen LogP contribution in [0.2, 0.25) is 25.7 Å². The van der Waals surface area contributed by atoms with Crippen LogP contribution < -0.4 is 0 Å². The number of ether oxygens (including phenoxy) is 1. The van der Waals surface area contributed by atoms with Crippen LogP contribution in [0.25, 0.3) is 0 Å². The Balaban J connectivity index is 2.46. The minimum Gasteiger partial charge on any atom is -0.465 e. The number of rotatable bonds is 6. The van der Waals surface area contributed by atoms with Gasteiger partial charge in [0.1, 0.15) is 17.6 Å². The molecule has 1 unspecified atom stereocenters. The fourth-order valence-electron chi connectivity index (χ4n) is 3.26. The first-order chi connectivity index (χ1) is 14.2. The van der Waals surface area contributed by atoms with Gasteiger partial charge in [0.25, 0.3) is 0 Å². The van der Waals surface area contributed by atoms with Crippen molar-refractivity contribution in [2.24, 2.45) is 10.4 Å². The summed E-state index contributed by atoms with van der Waals surface area (Å²) in [5.74, 6) is -0.328. The molecule has 0 bridgehead atoms. The highest BCUT2D eigenvalue weighted by atomic mass is 32.2. The number of carboxylic acid groups (broad SMARTS) is 1. The highest BCUT2D eigenvalue weighted by molar-refractivity contribution is 8.16. The van der Waals surface area contributed by atoms with Gasteiger partial charge in [0.2, 0.25) is 0 Å². The molecule has 0 aromatic heterocycles. The summed E-state index contributed by atoms with van der Waals surface area (Å²) in [4.78, 5) is 18.3. The first-order valence-electron chi connectivity index (χ1n) is 10.5. The molecule has 0 spiro atoms. The van der Waals surface area contributed by atoms with E-state index in [-0.39, 0.29) is 11.0 Å². The Bertz CT molecular complexity index is 877. The van der Waals surface area contributed by atoms with E-state index in [1.165, 1.54) is 16.7 Å². The predicted molar refractivity (Wildman–Crippen MR) is 130 cm³/mol. The third kappa shape index (κ3) is 6.43. The standard InChI is InChI=1S/C23H35FN2O3SSi/c1-16-10-9-11-17(18(16)24)23(5)12-14-30-20(25-23)26(21(27)28)19(22(2,3)4)29-13-15-31(6,7)8/h9-12,14,19H,13,15H2,1-8H3,(H,27,28)/t19-,23?/m0/s1. The summed E-state index contributed by atoms with van der Waals surface area (Å²) >= 11 is 1.21. The molecule has 0 radical (unpaired) electrons. The van der Waals surface area contributed by atoms with E-state index < -0.39 is 31.3 Å². The SMILES string of the molecule is Cc1cccc(C2(C)C=CSC(N(C(=O)O)[C@@H](OCC[Si](C)(C)C)C(C)(C)C)=N2)c1F. The van der Waals surface area contributed by atoms with Crippen molar-refractivity contribution in [1.82, 2.24) is 4.90 Å². The number of carbonyl (C=O) groups is 1. The molecule has 1 N–H and O–H groups in total. The highest BCUT2D eigenvalue weighted by Crippen LogP contribution is 2.38. The maximum absolute atomic E-state index is 14.9. The van der Waals surface area contributed by atoms with E-state index in [1.807, 2.05) is 20.8 Å². The van der Waals surface area contributed by atoms with Crippen molar-refractivity contribution in [3.05, 3.63) is 46.6 Å². The zero-order valence-corrected chi connectivity index (χ0v) is 21.6. The number of hydrogen-bond donors (Lipinski definition) is 1. The average Bonchev–Trinajstić information content (AvgIpc) is 2.61. The maximum Gasteiger partial charge on any atom is 0.415 e. The molecule has 31 heavy (non-hydrogen) atoms. The zero-order valence-electron chi connectivity index (χ0n) is 19.8. The van der Waals surface area contributed by atoms with Crippen molar-refractivity contribution in [3.8, 4) is 0 Å². The number of aryl methyl sites for hydroxylation is 1. The minimum atomic E-state index is -1.34. The second-order valence-electron chi connectivity index (χ2n) is 10.5. The van der Waals surface area contributed by atoms with Crippen LogP contribution in [0.1, 0.15) is 38.8 Å². The van der Waals surface area contributed by atoms with E-state index in [0.29, 0.717) is 17.7 Å². The largest absolute Gasteiger partial charge is 0.465 e. The Hall–Kier alpha value is -1.64. The number of halogens is 1. The highest BCUT2D eigenvalue weighted by Gasteiger charge is 2.40. The molecule has 0 saturated carbocycles. The third-order valence-electron chi connectivity index (χ3n) is 5.15. The van der Waals surface area contributed by atoms with Crippen LogP contribution in [-0.4, -0.2) is 42.2 Å². The summed E-state index contributed by atoms with van der Waals surface area (Å²) in [5, 5.41) is 12.2. The first-order valence-corrected chi connectivity index (χ1v) is 15.1. The van der Waals surface area contributed by atoms with Crippen molar-refractivity contribution in [3.63, 3.8) is 0 Å². The number of aliphatic imine (C=N–C) groups is 1. The lowest BCUT2D eigenvalue weighted by atomic mass is 9.91. The molecule has 1 aromatic rings. The van der Waals surface area contributed by atoms with E-state index in [9.17, 15) is 14.3 Å². The van der Waals surface area contributed by atoms with Gasteiger partial charge in [-0.2, -0.15) is 0 Å². The summed E-state index contributed by atoms with van der Waals surface area (Å²) in [5.41, 5.74) is -0.545. The Morgan fingerprint density at radius 2 is 2.00 bits per heavy atom. The smallest absolute Gasteiger partial charge is 0.415 e. The quantitative estimate of drug-likeness (QED) is 0.375. The second kappa shape index (κ2) is 9.46. The number of amides is 1. The molecule has 1 heterocycles. The van der Waals surface area contributed by atoms with Crippen molar-refractivity contribution in [2.75, 3.05) is 6.61 Å². The molecule has 5 nitrogen and oxygen atoms in total. The Kier molecular flexibility index (Phi) is 7.82.